The predicted molar refractivity (Wildman–Crippen MR) is 88.3 cm³/mol. The highest BCUT2D eigenvalue weighted by Gasteiger charge is 2.50. The van der Waals surface area contributed by atoms with Gasteiger partial charge in [-0.1, -0.05) is 57.8 Å². The van der Waals surface area contributed by atoms with E-state index in [1.54, 1.807) is 0 Å². The van der Waals surface area contributed by atoms with Crippen molar-refractivity contribution in [3.8, 4) is 0 Å². The molecule has 23 heavy (non-hydrogen) atoms. The van der Waals surface area contributed by atoms with Gasteiger partial charge in [0.2, 0.25) is 0 Å². The van der Waals surface area contributed by atoms with Gasteiger partial charge in [-0.3, -0.25) is 0 Å². The van der Waals surface area contributed by atoms with E-state index in [9.17, 15) is 13.2 Å². The van der Waals surface area contributed by atoms with Crippen molar-refractivity contribution in [2.24, 2.45) is 16.7 Å². The molecule has 3 rings (SSSR count). The molecule has 0 nitrogen and oxygen atoms in total. The standard InChI is InChI=1S/C20H33F3/c21-20(22,23)16-19(14-17-8-3-4-9-17)13-7-12-18(15-19)10-5-1-2-6-11-18/h17H,1-16H2. The summed E-state index contributed by atoms with van der Waals surface area (Å²) in [5.41, 5.74) is -0.186. The van der Waals surface area contributed by atoms with E-state index in [-0.39, 0.29) is 5.41 Å². The smallest absolute Gasteiger partial charge is 0.171 e. The lowest BCUT2D eigenvalue weighted by molar-refractivity contribution is -0.172. The summed E-state index contributed by atoms with van der Waals surface area (Å²) in [5.74, 6) is 0.568. The second-order valence-corrected chi connectivity index (χ2v) is 9.09. The Labute approximate surface area is 139 Å². The van der Waals surface area contributed by atoms with Crippen LogP contribution in [0.3, 0.4) is 0 Å². The topological polar surface area (TPSA) is 0 Å². The number of halogens is 3. The van der Waals surface area contributed by atoms with Crippen molar-refractivity contribution in [2.45, 2.75) is 109 Å². The van der Waals surface area contributed by atoms with E-state index in [0.29, 0.717) is 5.92 Å². The van der Waals surface area contributed by atoms with Gasteiger partial charge in [0.15, 0.2) is 0 Å². The van der Waals surface area contributed by atoms with Crippen molar-refractivity contribution in [1.29, 1.82) is 0 Å². The van der Waals surface area contributed by atoms with Gasteiger partial charge < -0.3 is 0 Å². The average Bonchev–Trinajstić information content (AvgIpc) is 2.84. The molecule has 1 atom stereocenters. The molecule has 0 radical (unpaired) electrons. The van der Waals surface area contributed by atoms with Crippen molar-refractivity contribution in [3.05, 3.63) is 0 Å². The van der Waals surface area contributed by atoms with Gasteiger partial charge in [-0.25, -0.2) is 0 Å². The molecular weight excluding hydrogens is 297 g/mol. The Morgan fingerprint density at radius 2 is 1.35 bits per heavy atom. The van der Waals surface area contributed by atoms with Crippen molar-refractivity contribution >= 4 is 0 Å². The highest BCUT2D eigenvalue weighted by atomic mass is 19.4. The molecule has 0 aromatic rings. The summed E-state index contributed by atoms with van der Waals surface area (Å²) >= 11 is 0. The SMILES string of the molecule is FC(F)(F)CC1(CC2CCCC2)CCCC2(CCCCCC2)C1. The first-order chi connectivity index (χ1) is 10.9. The molecule has 0 aromatic carbocycles. The lowest BCUT2D eigenvalue weighted by atomic mass is 9.56. The molecule has 0 aromatic heterocycles. The van der Waals surface area contributed by atoms with Crippen molar-refractivity contribution < 1.29 is 13.2 Å². The maximum Gasteiger partial charge on any atom is 0.389 e. The lowest BCUT2D eigenvalue weighted by Crippen LogP contribution is -2.40. The zero-order valence-electron chi connectivity index (χ0n) is 14.5. The third kappa shape index (κ3) is 4.66. The monoisotopic (exact) mass is 330 g/mol. The van der Waals surface area contributed by atoms with E-state index in [1.165, 1.54) is 70.6 Å². The van der Waals surface area contributed by atoms with Crippen LogP contribution in [-0.4, -0.2) is 6.18 Å². The highest BCUT2D eigenvalue weighted by Crippen LogP contribution is 2.59. The highest BCUT2D eigenvalue weighted by molar-refractivity contribution is 4.97. The Balaban J connectivity index is 1.78. The molecule has 3 saturated carbocycles. The van der Waals surface area contributed by atoms with Crippen LogP contribution in [0.2, 0.25) is 0 Å². The quantitative estimate of drug-likeness (QED) is 0.505. The Bertz CT molecular complexity index is 373. The number of hydrogen-bond donors (Lipinski definition) is 0. The zero-order valence-corrected chi connectivity index (χ0v) is 14.5. The van der Waals surface area contributed by atoms with Crippen molar-refractivity contribution in [2.75, 3.05) is 0 Å². The third-order valence-corrected chi connectivity index (χ3v) is 7.10. The first kappa shape index (κ1) is 17.6. The van der Waals surface area contributed by atoms with Gasteiger partial charge >= 0.3 is 6.18 Å². The minimum atomic E-state index is -4.00. The minimum Gasteiger partial charge on any atom is -0.171 e. The maximum atomic E-state index is 13.4. The van der Waals surface area contributed by atoms with E-state index in [2.05, 4.69) is 0 Å². The Morgan fingerprint density at radius 3 is 1.96 bits per heavy atom. The van der Waals surface area contributed by atoms with E-state index in [1.807, 2.05) is 0 Å². The molecule has 0 saturated heterocycles. The lowest BCUT2D eigenvalue weighted by Gasteiger charge is -2.49. The van der Waals surface area contributed by atoms with Gasteiger partial charge in [-0.05, 0) is 55.3 Å². The van der Waals surface area contributed by atoms with Crippen LogP contribution in [0.1, 0.15) is 103 Å². The van der Waals surface area contributed by atoms with Crippen LogP contribution in [0.5, 0.6) is 0 Å². The summed E-state index contributed by atoms with van der Waals surface area (Å²) in [4.78, 5) is 0. The van der Waals surface area contributed by atoms with Crippen molar-refractivity contribution in [1.82, 2.24) is 0 Å². The van der Waals surface area contributed by atoms with E-state index in [4.69, 9.17) is 0 Å². The normalized spacial score (nSPS) is 33.0. The molecular formula is C20H33F3. The Kier molecular flexibility index (Phi) is 5.33. The Morgan fingerprint density at radius 1 is 0.739 bits per heavy atom. The molecule has 0 aliphatic heterocycles. The van der Waals surface area contributed by atoms with Crippen molar-refractivity contribution in [3.63, 3.8) is 0 Å². The molecule has 0 bridgehead atoms. The minimum absolute atomic E-state index is 0.249. The second kappa shape index (κ2) is 6.96. The third-order valence-electron chi connectivity index (χ3n) is 7.10. The molecule has 0 heterocycles. The molecule has 1 spiro atoms. The number of rotatable bonds is 3. The van der Waals surface area contributed by atoms with Gasteiger partial charge in [0.05, 0.1) is 0 Å². The summed E-state index contributed by atoms with van der Waals surface area (Å²) in [6, 6.07) is 0. The van der Waals surface area contributed by atoms with Gasteiger partial charge in [0, 0.05) is 6.42 Å². The molecule has 1 unspecified atom stereocenters. The van der Waals surface area contributed by atoms with Gasteiger partial charge in [0.1, 0.15) is 0 Å². The summed E-state index contributed by atoms with van der Waals surface area (Å²) in [7, 11) is 0. The molecule has 3 heteroatoms. The first-order valence-corrected chi connectivity index (χ1v) is 9.97. The molecule has 134 valence electrons. The fraction of sp³-hybridized carbons (Fsp3) is 1.00. The number of hydrogen-bond acceptors (Lipinski definition) is 0. The maximum absolute atomic E-state index is 13.4. The second-order valence-electron chi connectivity index (χ2n) is 9.09. The summed E-state index contributed by atoms with van der Waals surface area (Å²) in [6.45, 7) is 0. The van der Waals surface area contributed by atoms with E-state index >= 15 is 0 Å². The fourth-order valence-corrected chi connectivity index (χ4v) is 6.37. The van der Waals surface area contributed by atoms with Crippen LogP contribution in [0.25, 0.3) is 0 Å². The van der Waals surface area contributed by atoms with Gasteiger partial charge in [-0.15, -0.1) is 0 Å². The molecule has 0 amide bonds. The Hall–Kier alpha value is -0.210. The van der Waals surface area contributed by atoms with E-state index < -0.39 is 18.0 Å². The van der Waals surface area contributed by atoms with E-state index in [0.717, 1.165) is 25.7 Å². The van der Waals surface area contributed by atoms with Gasteiger partial charge in [0.25, 0.3) is 0 Å². The van der Waals surface area contributed by atoms with Crippen LogP contribution >= 0.6 is 0 Å². The van der Waals surface area contributed by atoms with Gasteiger partial charge in [-0.2, -0.15) is 13.2 Å². The van der Waals surface area contributed by atoms with Crippen LogP contribution < -0.4 is 0 Å². The van der Waals surface area contributed by atoms with Crippen LogP contribution in [-0.2, 0) is 0 Å². The molecule has 3 aliphatic carbocycles. The van der Waals surface area contributed by atoms with Crippen LogP contribution in [0.15, 0.2) is 0 Å². The fourth-order valence-electron chi connectivity index (χ4n) is 6.37. The molecule has 3 aliphatic rings. The molecule has 0 N–H and O–H groups in total. The number of alkyl halides is 3. The summed E-state index contributed by atoms with van der Waals surface area (Å²) < 4.78 is 40.2. The largest absolute Gasteiger partial charge is 0.389 e. The molecule has 3 fully saturated rings. The van der Waals surface area contributed by atoms with Crippen LogP contribution in [0.4, 0.5) is 13.2 Å². The average molecular weight is 330 g/mol. The zero-order chi connectivity index (χ0) is 16.4. The predicted octanol–water partition coefficient (Wildman–Crippen LogP) is 7.42. The summed E-state index contributed by atoms with van der Waals surface area (Å²) in [5, 5.41) is 0. The van der Waals surface area contributed by atoms with Crippen LogP contribution in [0, 0.1) is 16.7 Å². The first-order valence-electron chi connectivity index (χ1n) is 9.97. The summed E-state index contributed by atoms with van der Waals surface area (Å²) in [6.07, 6.45) is 12.5.